The minimum Gasteiger partial charge on any atom is -0.497 e. The number of hydrogen-bond acceptors (Lipinski definition) is 2. The quantitative estimate of drug-likeness (QED) is 0.903. The summed E-state index contributed by atoms with van der Waals surface area (Å²) in [7, 11) is 1.70. The predicted octanol–water partition coefficient (Wildman–Crippen LogP) is 3.58. The molecule has 0 bridgehead atoms. The molecule has 0 saturated carbocycles. The third-order valence-electron chi connectivity index (χ3n) is 3.62. The van der Waals surface area contributed by atoms with Crippen LogP contribution in [0, 0.1) is 0 Å². The van der Waals surface area contributed by atoms with Crippen LogP contribution in [0.3, 0.4) is 0 Å². The van der Waals surface area contributed by atoms with Crippen molar-refractivity contribution in [2.24, 2.45) is 0 Å². The van der Waals surface area contributed by atoms with Gasteiger partial charge in [-0.25, -0.2) is 0 Å². The normalized spacial score (nSPS) is 17.9. The molecule has 1 unspecified atom stereocenters. The summed E-state index contributed by atoms with van der Waals surface area (Å²) >= 11 is 6.32. The van der Waals surface area contributed by atoms with Crippen LogP contribution in [-0.2, 0) is 6.42 Å². The fraction of sp³-hybridized carbons (Fsp3) is 0.250. The van der Waals surface area contributed by atoms with Crippen molar-refractivity contribution in [3.05, 3.63) is 64.2 Å². The average molecular weight is 274 g/mol. The van der Waals surface area contributed by atoms with Crippen LogP contribution in [0.2, 0.25) is 5.02 Å². The van der Waals surface area contributed by atoms with E-state index in [9.17, 15) is 0 Å². The van der Waals surface area contributed by atoms with Crippen LogP contribution in [0.4, 0.5) is 0 Å². The maximum absolute atomic E-state index is 6.32. The number of nitrogens with one attached hydrogen (secondary N) is 1. The lowest BCUT2D eigenvalue weighted by Crippen LogP contribution is -2.30. The third kappa shape index (κ3) is 2.34. The van der Waals surface area contributed by atoms with Crippen LogP contribution in [0.15, 0.2) is 42.5 Å². The van der Waals surface area contributed by atoms with Gasteiger partial charge in [0.15, 0.2) is 0 Å². The monoisotopic (exact) mass is 273 g/mol. The number of rotatable bonds is 2. The van der Waals surface area contributed by atoms with Gasteiger partial charge in [0.2, 0.25) is 0 Å². The molecule has 0 radical (unpaired) electrons. The molecule has 0 spiro atoms. The Morgan fingerprint density at radius 3 is 2.79 bits per heavy atom. The van der Waals surface area contributed by atoms with Crippen LogP contribution in [-0.4, -0.2) is 13.7 Å². The van der Waals surface area contributed by atoms with Crippen molar-refractivity contribution in [3.63, 3.8) is 0 Å². The van der Waals surface area contributed by atoms with Crippen LogP contribution in [0.25, 0.3) is 0 Å². The average Bonchev–Trinajstić information content (AvgIpc) is 2.46. The number of benzene rings is 2. The molecule has 1 atom stereocenters. The smallest absolute Gasteiger partial charge is 0.119 e. The molecular formula is C16H16ClNO. The molecule has 2 nitrogen and oxygen atoms in total. The van der Waals surface area contributed by atoms with Gasteiger partial charge in [0.1, 0.15) is 5.75 Å². The Hall–Kier alpha value is -1.51. The Morgan fingerprint density at radius 2 is 2.00 bits per heavy atom. The summed E-state index contributed by atoms with van der Waals surface area (Å²) in [5.74, 6) is 0.915. The maximum atomic E-state index is 6.32. The first kappa shape index (κ1) is 12.5. The van der Waals surface area contributed by atoms with E-state index in [4.69, 9.17) is 16.3 Å². The first-order chi connectivity index (χ1) is 9.29. The van der Waals surface area contributed by atoms with Crippen molar-refractivity contribution in [1.29, 1.82) is 0 Å². The molecule has 1 aliphatic heterocycles. The summed E-state index contributed by atoms with van der Waals surface area (Å²) in [6.45, 7) is 0.954. The summed E-state index contributed by atoms with van der Waals surface area (Å²) in [4.78, 5) is 0. The molecule has 2 aromatic carbocycles. The predicted molar refractivity (Wildman–Crippen MR) is 78.0 cm³/mol. The van der Waals surface area contributed by atoms with E-state index in [0.29, 0.717) is 0 Å². The fourth-order valence-corrected chi connectivity index (χ4v) is 2.90. The molecule has 0 amide bonds. The number of ether oxygens (including phenoxy) is 1. The summed E-state index contributed by atoms with van der Waals surface area (Å²) in [6, 6.07) is 14.5. The third-order valence-corrected chi connectivity index (χ3v) is 3.96. The minimum atomic E-state index is 0.170. The van der Waals surface area contributed by atoms with Crippen molar-refractivity contribution in [3.8, 4) is 5.75 Å². The van der Waals surface area contributed by atoms with Crippen molar-refractivity contribution in [2.45, 2.75) is 12.5 Å². The van der Waals surface area contributed by atoms with E-state index >= 15 is 0 Å². The zero-order chi connectivity index (χ0) is 13.2. The minimum absolute atomic E-state index is 0.170. The van der Waals surface area contributed by atoms with Crippen LogP contribution in [0.1, 0.15) is 22.7 Å². The molecule has 0 fully saturated rings. The fourth-order valence-electron chi connectivity index (χ4n) is 2.66. The Morgan fingerprint density at radius 1 is 1.16 bits per heavy atom. The molecule has 2 aromatic rings. The first-order valence-electron chi connectivity index (χ1n) is 6.44. The van der Waals surface area contributed by atoms with Crippen molar-refractivity contribution in [1.82, 2.24) is 5.32 Å². The number of hydrogen-bond donors (Lipinski definition) is 1. The molecule has 3 heteroatoms. The summed E-state index contributed by atoms with van der Waals surface area (Å²) in [6.07, 6.45) is 1.02. The largest absolute Gasteiger partial charge is 0.497 e. The highest BCUT2D eigenvalue weighted by Crippen LogP contribution is 2.34. The van der Waals surface area contributed by atoms with Gasteiger partial charge < -0.3 is 10.1 Å². The van der Waals surface area contributed by atoms with Gasteiger partial charge in [0, 0.05) is 11.6 Å². The molecule has 1 N–H and O–H groups in total. The Balaban J connectivity index is 2.06. The van der Waals surface area contributed by atoms with E-state index in [0.717, 1.165) is 29.3 Å². The molecule has 3 rings (SSSR count). The van der Waals surface area contributed by atoms with Gasteiger partial charge in [-0.15, -0.1) is 0 Å². The summed E-state index contributed by atoms with van der Waals surface area (Å²) in [5, 5.41) is 4.35. The zero-order valence-electron chi connectivity index (χ0n) is 10.8. The van der Waals surface area contributed by atoms with E-state index in [-0.39, 0.29) is 6.04 Å². The highest BCUT2D eigenvalue weighted by molar-refractivity contribution is 6.31. The van der Waals surface area contributed by atoms with Crippen LogP contribution < -0.4 is 10.1 Å². The van der Waals surface area contributed by atoms with E-state index in [1.165, 1.54) is 11.1 Å². The Labute approximate surface area is 118 Å². The molecular weight excluding hydrogens is 258 g/mol. The zero-order valence-corrected chi connectivity index (χ0v) is 11.6. The van der Waals surface area contributed by atoms with Gasteiger partial charge >= 0.3 is 0 Å². The lowest BCUT2D eigenvalue weighted by atomic mass is 9.90. The SMILES string of the molecule is COc1ccc2c(c1)CCNC2c1ccccc1Cl. The second-order valence-electron chi connectivity index (χ2n) is 4.72. The molecule has 0 aliphatic carbocycles. The molecule has 0 aromatic heterocycles. The van der Waals surface area contributed by atoms with Crippen molar-refractivity contribution >= 4 is 11.6 Å². The standard InChI is InChI=1S/C16H16ClNO/c1-19-12-6-7-13-11(10-12)8-9-18-16(13)14-4-2-3-5-15(14)17/h2-7,10,16,18H,8-9H2,1H3. The molecule has 19 heavy (non-hydrogen) atoms. The lowest BCUT2D eigenvalue weighted by molar-refractivity contribution is 0.413. The number of methoxy groups -OCH3 is 1. The molecule has 98 valence electrons. The van der Waals surface area contributed by atoms with Gasteiger partial charge in [-0.05, 0) is 41.3 Å². The number of halogens is 1. The van der Waals surface area contributed by atoms with Gasteiger partial charge in [0.25, 0.3) is 0 Å². The van der Waals surface area contributed by atoms with Crippen molar-refractivity contribution < 1.29 is 4.74 Å². The lowest BCUT2D eigenvalue weighted by Gasteiger charge is -2.28. The highest BCUT2D eigenvalue weighted by atomic mass is 35.5. The van der Waals surface area contributed by atoms with Gasteiger partial charge in [-0.2, -0.15) is 0 Å². The maximum Gasteiger partial charge on any atom is 0.119 e. The van der Waals surface area contributed by atoms with Gasteiger partial charge in [-0.3, -0.25) is 0 Å². The van der Waals surface area contributed by atoms with Gasteiger partial charge in [-0.1, -0.05) is 35.9 Å². The number of fused-ring (bicyclic) bond motifs is 1. The Kier molecular flexibility index (Phi) is 3.45. The van der Waals surface area contributed by atoms with Crippen molar-refractivity contribution in [2.75, 3.05) is 13.7 Å². The van der Waals surface area contributed by atoms with Crippen LogP contribution >= 0.6 is 11.6 Å². The van der Waals surface area contributed by atoms with E-state index in [2.05, 4.69) is 23.5 Å². The van der Waals surface area contributed by atoms with Crippen LogP contribution in [0.5, 0.6) is 5.75 Å². The van der Waals surface area contributed by atoms with E-state index in [1.807, 2.05) is 24.3 Å². The van der Waals surface area contributed by atoms with Gasteiger partial charge in [0.05, 0.1) is 13.2 Å². The summed E-state index contributed by atoms with van der Waals surface area (Å²) < 4.78 is 5.30. The second-order valence-corrected chi connectivity index (χ2v) is 5.13. The first-order valence-corrected chi connectivity index (χ1v) is 6.82. The summed E-state index contributed by atoms with van der Waals surface area (Å²) in [5.41, 5.74) is 3.76. The highest BCUT2D eigenvalue weighted by Gasteiger charge is 2.23. The Bertz CT molecular complexity index is 597. The topological polar surface area (TPSA) is 21.3 Å². The van der Waals surface area contributed by atoms with E-state index in [1.54, 1.807) is 7.11 Å². The molecule has 1 aliphatic rings. The van der Waals surface area contributed by atoms with E-state index < -0.39 is 0 Å². The molecule has 1 heterocycles. The second kappa shape index (κ2) is 5.24. The molecule has 0 saturated heterocycles.